The van der Waals surface area contributed by atoms with Crippen LogP contribution in [0.5, 0.6) is 5.75 Å². The van der Waals surface area contributed by atoms with Crippen molar-refractivity contribution in [1.29, 1.82) is 0 Å². The Labute approximate surface area is 144 Å². The smallest absolute Gasteiger partial charge is 0.271 e. The van der Waals surface area contributed by atoms with Gasteiger partial charge in [0.2, 0.25) is 0 Å². The third-order valence-corrected chi connectivity index (χ3v) is 3.70. The van der Waals surface area contributed by atoms with E-state index in [1.54, 1.807) is 19.1 Å². The first kappa shape index (κ1) is 16.4. The van der Waals surface area contributed by atoms with Crippen LogP contribution in [0.1, 0.15) is 17.3 Å². The Morgan fingerprint density at radius 2 is 1.88 bits per heavy atom. The predicted molar refractivity (Wildman–Crippen MR) is 94.6 cm³/mol. The van der Waals surface area contributed by atoms with Gasteiger partial charge >= 0.3 is 0 Å². The summed E-state index contributed by atoms with van der Waals surface area (Å²) in [4.78, 5) is 24.4. The van der Waals surface area contributed by atoms with E-state index in [0.717, 1.165) is 0 Å². The molecule has 2 N–H and O–H groups in total. The molecule has 1 aliphatic rings. The third kappa shape index (κ3) is 3.55. The summed E-state index contributed by atoms with van der Waals surface area (Å²) in [5.74, 6) is -1.22. The molecular formula is C18H16N4O3. The molecule has 0 bridgehead atoms. The minimum Gasteiger partial charge on any atom is -0.508 e. The molecule has 1 heterocycles. The average molecular weight is 336 g/mol. The lowest BCUT2D eigenvalue weighted by atomic mass is 10.1. The molecule has 3 rings (SSSR count). The third-order valence-electron chi connectivity index (χ3n) is 3.70. The van der Waals surface area contributed by atoms with Gasteiger partial charge in [0.15, 0.2) is 0 Å². The number of para-hydroxylation sites is 1. The largest absolute Gasteiger partial charge is 0.508 e. The van der Waals surface area contributed by atoms with Gasteiger partial charge in [-0.2, -0.15) is 15.2 Å². The zero-order chi connectivity index (χ0) is 17.8. The maximum absolute atomic E-state index is 12.5. The number of hydrogen-bond acceptors (Lipinski definition) is 5. The Kier molecular flexibility index (Phi) is 4.56. The number of phenolic OH excluding ortho intramolecular Hbond substituents is 1. The molecule has 2 aromatic rings. The van der Waals surface area contributed by atoms with Crippen molar-refractivity contribution in [3.8, 4) is 5.75 Å². The molecule has 0 fully saturated rings. The van der Waals surface area contributed by atoms with Crippen molar-refractivity contribution in [3.63, 3.8) is 0 Å². The maximum Gasteiger partial charge on any atom is 0.271 e. The van der Waals surface area contributed by atoms with Crippen molar-refractivity contribution < 1.29 is 14.7 Å². The van der Waals surface area contributed by atoms with Crippen LogP contribution in [0.2, 0.25) is 0 Å². The van der Waals surface area contributed by atoms with Crippen molar-refractivity contribution >= 4 is 29.4 Å². The van der Waals surface area contributed by atoms with Gasteiger partial charge < -0.3 is 5.11 Å². The number of benzene rings is 2. The van der Waals surface area contributed by atoms with Crippen LogP contribution in [0.4, 0.5) is 5.69 Å². The molecule has 0 aromatic heterocycles. The van der Waals surface area contributed by atoms with E-state index in [1.807, 2.05) is 18.2 Å². The highest BCUT2D eigenvalue weighted by molar-refractivity contribution is 6.23. The number of anilines is 1. The van der Waals surface area contributed by atoms with Crippen LogP contribution in [-0.2, 0) is 4.79 Å². The topological polar surface area (TPSA) is 94.4 Å². The molecule has 126 valence electrons. The molecule has 0 spiro atoms. The van der Waals surface area contributed by atoms with E-state index in [1.165, 1.54) is 35.5 Å². The van der Waals surface area contributed by atoms with Gasteiger partial charge in [0.25, 0.3) is 11.8 Å². The number of nitrogens with one attached hydrogen (secondary N) is 1. The quantitative estimate of drug-likeness (QED) is 0.661. The zero-order valence-corrected chi connectivity index (χ0v) is 13.5. The number of rotatable bonds is 4. The molecule has 0 saturated carbocycles. The number of carbonyl (C=O) groups excluding carboxylic acids is 2. The fraction of sp³-hybridized carbons (Fsp3) is 0.111. The lowest BCUT2D eigenvalue weighted by Crippen LogP contribution is -2.29. The second-order valence-electron chi connectivity index (χ2n) is 5.47. The van der Waals surface area contributed by atoms with E-state index in [-0.39, 0.29) is 11.7 Å². The van der Waals surface area contributed by atoms with Crippen LogP contribution in [-0.4, -0.2) is 28.8 Å². The van der Waals surface area contributed by atoms with Gasteiger partial charge in [-0.25, -0.2) is 5.43 Å². The second-order valence-corrected chi connectivity index (χ2v) is 5.47. The van der Waals surface area contributed by atoms with E-state index >= 15 is 0 Å². The number of carbonyl (C=O) groups is 2. The highest BCUT2D eigenvalue weighted by atomic mass is 16.3. The number of hydrogen-bond donors (Lipinski definition) is 2. The Morgan fingerprint density at radius 1 is 1.20 bits per heavy atom. The van der Waals surface area contributed by atoms with E-state index in [9.17, 15) is 14.7 Å². The molecule has 0 aliphatic carbocycles. The Bertz CT molecular complexity index is 844. The summed E-state index contributed by atoms with van der Waals surface area (Å²) in [7, 11) is 0. The van der Waals surface area contributed by atoms with Crippen molar-refractivity contribution in [2.24, 2.45) is 16.1 Å². The molecule has 1 atom stereocenters. The molecule has 7 nitrogen and oxygen atoms in total. The minimum atomic E-state index is -0.625. The highest BCUT2D eigenvalue weighted by Crippen LogP contribution is 2.22. The van der Waals surface area contributed by atoms with Gasteiger partial charge in [0.05, 0.1) is 11.4 Å². The average Bonchev–Trinajstić information content (AvgIpc) is 2.91. The number of hydrazone groups is 2. The number of nitrogens with zero attached hydrogens (tertiary/aromatic N) is 3. The van der Waals surface area contributed by atoms with Gasteiger partial charge in [0.1, 0.15) is 11.7 Å². The van der Waals surface area contributed by atoms with Crippen LogP contribution in [0, 0.1) is 5.92 Å². The molecule has 7 heteroatoms. The van der Waals surface area contributed by atoms with Crippen LogP contribution in [0.3, 0.4) is 0 Å². The van der Waals surface area contributed by atoms with Crippen molar-refractivity contribution in [2.75, 3.05) is 5.01 Å². The summed E-state index contributed by atoms with van der Waals surface area (Å²) in [6.07, 6.45) is 1.36. The molecule has 25 heavy (non-hydrogen) atoms. The van der Waals surface area contributed by atoms with E-state index in [0.29, 0.717) is 17.0 Å². The summed E-state index contributed by atoms with van der Waals surface area (Å²) in [5.41, 5.74) is 3.99. The van der Waals surface area contributed by atoms with E-state index in [4.69, 9.17) is 0 Å². The summed E-state index contributed by atoms with van der Waals surface area (Å²) in [6, 6.07) is 14.9. The lowest BCUT2D eigenvalue weighted by Gasteiger charge is -2.12. The maximum atomic E-state index is 12.5. The molecule has 2 aromatic carbocycles. The first-order valence-corrected chi connectivity index (χ1v) is 7.63. The van der Waals surface area contributed by atoms with Gasteiger partial charge in [-0.3, -0.25) is 9.59 Å². The first-order chi connectivity index (χ1) is 12.1. The van der Waals surface area contributed by atoms with Gasteiger partial charge in [0, 0.05) is 11.8 Å². The normalized spacial score (nSPS) is 17.0. The molecule has 2 amide bonds. The van der Waals surface area contributed by atoms with Gasteiger partial charge in [-0.1, -0.05) is 18.2 Å². The number of phenols is 1. The van der Waals surface area contributed by atoms with E-state index in [2.05, 4.69) is 15.6 Å². The van der Waals surface area contributed by atoms with Crippen LogP contribution in [0.25, 0.3) is 0 Å². The number of aromatic hydroxyl groups is 1. The Hall–Kier alpha value is -3.48. The van der Waals surface area contributed by atoms with E-state index < -0.39 is 11.8 Å². The molecule has 0 saturated heterocycles. The Morgan fingerprint density at radius 3 is 2.56 bits per heavy atom. The fourth-order valence-corrected chi connectivity index (χ4v) is 2.35. The van der Waals surface area contributed by atoms with Crippen LogP contribution < -0.4 is 10.4 Å². The first-order valence-electron chi connectivity index (χ1n) is 7.63. The zero-order valence-electron chi connectivity index (χ0n) is 13.5. The molecule has 0 radical (unpaired) electrons. The lowest BCUT2D eigenvalue weighted by molar-refractivity contribution is -0.118. The summed E-state index contributed by atoms with van der Waals surface area (Å²) >= 11 is 0. The predicted octanol–water partition coefficient (Wildman–Crippen LogP) is 2.15. The highest BCUT2D eigenvalue weighted by Gasteiger charge is 2.33. The fourth-order valence-electron chi connectivity index (χ4n) is 2.35. The summed E-state index contributed by atoms with van der Waals surface area (Å²) < 4.78 is 0. The molecule has 1 aliphatic heterocycles. The molecular weight excluding hydrogens is 320 g/mol. The number of amides is 2. The molecule has 0 unspecified atom stereocenters. The van der Waals surface area contributed by atoms with Crippen molar-refractivity contribution in [1.82, 2.24) is 5.43 Å². The van der Waals surface area contributed by atoms with Crippen molar-refractivity contribution in [2.45, 2.75) is 6.92 Å². The Balaban J connectivity index is 1.66. The monoisotopic (exact) mass is 336 g/mol. The van der Waals surface area contributed by atoms with Crippen LogP contribution >= 0.6 is 0 Å². The summed E-state index contributed by atoms with van der Waals surface area (Å²) in [5, 5.41) is 18.7. The second kappa shape index (κ2) is 6.96. The minimum absolute atomic E-state index is 0.0736. The summed E-state index contributed by atoms with van der Waals surface area (Å²) in [6.45, 7) is 1.74. The van der Waals surface area contributed by atoms with Crippen molar-refractivity contribution in [3.05, 3.63) is 60.2 Å². The standard InChI is InChI=1S/C18H16N4O3/c1-12-16(18(25)22(21-12)14-5-3-2-4-6-14)11-19-20-17(24)13-7-9-15(23)10-8-13/h2-11,16,23H,1H3,(H,20,24)/b19-11-/t16-/m0/s1. The SMILES string of the molecule is CC1=NN(c2ccccc2)C(=O)[C@H]1/C=N\NC(=O)c1ccc(O)cc1. The van der Waals surface area contributed by atoms with Crippen LogP contribution in [0.15, 0.2) is 64.8 Å². The van der Waals surface area contributed by atoms with Gasteiger partial charge in [-0.15, -0.1) is 0 Å². The van der Waals surface area contributed by atoms with Gasteiger partial charge in [-0.05, 0) is 43.3 Å².